The Labute approximate surface area is 437 Å². The summed E-state index contributed by atoms with van der Waals surface area (Å²) in [6.07, 6.45) is 73.5. The van der Waals surface area contributed by atoms with Crippen molar-refractivity contribution in [1.29, 1.82) is 0 Å². The number of hydrogen-bond donors (Lipinski definition) is 3. The highest BCUT2D eigenvalue weighted by Crippen LogP contribution is 2.18. The predicted octanol–water partition coefficient (Wildman–Crippen LogP) is 19.8. The first-order valence-corrected chi connectivity index (χ1v) is 31.6. The summed E-state index contributed by atoms with van der Waals surface area (Å²) < 4.78 is 5.48. The van der Waals surface area contributed by atoms with Crippen molar-refractivity contribution in [3.8, 4) is 0 Å². The molecule has 6 heteroatoms. The van der Waals surface area contributed by atoms with Crippen LogP contribution in [0.15, 0.2) is 24.3 Å². The molecule has 0 fully saturated rings. The monoisotopic (exact) mass is 986 g/mol. The van der Waals surface area contributed by atoms with E-state index in [1.54, 1.807) is 0 Å². The SMILES string of the molecule is CCCC/C=C\C/C=C\CCCCCCCC(=O)OCCCCCCCCCCCCCCCCCCCCCCCCCCCCCCC(=O)NC(CO)C(O)CCCCCCCCCCCCC. The molecule has 0 radical (unpaired) electrons. The average Bonchev–Trinajstić information content (AvgIpc) is 3.36. The molecular formula is C64H123NO5. The van der Waals surface area contributed by atoms with Crippen molar-refractivity contribution in [3.05, 3.63) is 24.3 Å². The van der Waals surface area contributed by atoms with Crippen molar-refractivity contribution in [3.63, 3.8) is 0 Å². The first-order valence-electron chi connectivity index (χ1n) is 31.6. The van der Waals surface area contributed by atoms with Crippen LogP contribution in [0.2, 0.25) is 0 Å². The zero-order valence-electron chi connectivity index (χ0n) is 47.3. The number of allylic oxidation sites excluding steroid dienone is 4. The van der Waals surface area contributed by atoms with Crippen LogP contribution in [0.3, 0.4) is 0 Å². The zero-order chi connectivity index (χ0) is 50.7. The van der Waals surface area contributed by atoms with Crippen LogP contribution in [-0.4, -0.2) is 47.4 Å². The molecule has 0 saturated heterocycles. The van der Waals surface area contributed by atoms with Gasteiger partial charge in [0.15, 0.2) is 0 Å². The predicted molar refractivity (Wildman–Crippen MR) is 306 cm³/mol. The van der Waals surface area contributed by atoms with E-state index in [9.17, 15) is 19.8 Å². The number of aliphatic hydroxyl groups excluding tert-OH is 2. The van der Waals surface area contributed by atoms with Crippen LogP contribution in [-0.2, 0) is 14.3 Å². The number of hydrogen-bond acceptors (Lipinski definition) is 5. The summed E-state index contributed by atoms with van der Waals surface area (Å²) in [4.78, 5) is 24.5. The molecule has 0 aliphatic carbocycles. The first-order chi connectivity index (χ1) is 34.5. The van der Waals surface area contributed by atoms with Crippen LogP contribution >= 0.6 is 0 Å². The molecule has 2 unspecified atom stereocenters. The van der Waals surface area contributed by atoms with Gasteiger partial charge in [-0.2, -0.15) is 0 Å². The number of aliphatic hydroxyl groups is 2. The minimum Gasteiger partial charge on any atom is -0.466 e. The third kappa shape index (κ3) is 55.7. The van der Waals surface area contributed by atoms with Gasteiger partial charge in [0, 0.05) is 12.8 Å². The van der Waals surface area contributed by atoms with Crippen molar-refractivity contribution < 1.29 is 24.5 Å². The van der Waals surface area contributed by atoms with Gasteiger partial charge in [-0.05, 0) is 51.4 Å². The fraction of sp³-hybridized carbons (Fsp3) is 0.906. The summed E-state index contributed by atoms with van der Waals surface area (Å²) in [5.41, 5.74) is 0. The number of amides is 1. The normalized spacial score (nSPS) is 12.7. The third-order valence-corrected chi connectivity index (χ3v) is 14.8. The minimum absolute atomic E-state index is 0.00431. The molecule has 0 aromatic heterocycles. The first kappa shape index (κ1) is 68.3. The van der Waals surface area contributed by atoms with Crippen molar-refractivity contribution in [2.45, 2.75) is 360 Å². The third-order valence-electron chi connectivity index (χ3n) is 14.8. The molecule has 0 spiro atoms. The average molecular weight is 987 g/mol. The summed E-state index contributed by atoms with van der Waals surface area (Å²) >= 11 is 0. The van der Waals surface area contributed by atoms with Crippen LogP contribution in [0.4, 0.5) is 0 Å². The van der Waals surface area contributed by atoms with E-state index in [2.05, 4.69) is 43.5 Å². The zero-order valence-corrected chi connectivity index (χ0v) is 47.3. The Morgan fingerprint density at radius 3 is 1.13 bits per heavy atom. The quantitative estimate of drug-likeness (QED) is 0.0321. The summed E-state index contributed by atoms with van der Waals surface area (Å²) in [6, 6.07) is -0.537. The fourth-order valence-corrected chi connectivity index (χ4v) is 9.89. The van der Waals surface area contributed by atoms with Gasteiger partial charge in [-0.25, -0.2) is 0 Å². The van der Waals surface area contributed by atoms with Gasteiger partial charge in [-0.1, -0.05) is 308 Å². The number of esters is 1. The lowest BCUT2D eigenvalue weighted by Crippen LogP contribution is -2.45. The standard InChI is InChI=1S/C64H123NO5/c1-3-5-7-9-11-13-15-16-34-38-42-46-50-54-58-64(69)70-59-55-51-47-43-39-35-32-30-28-26-24-22-20-18-17-19-21-23-25-27-29-31-33-37-41-45-49-53-57-63(68)65-61(60-66)62(67)56-52-48-44-40-36-14-12-10-8-6-4-2/h9,11,15-16,61-62,66-67H,3-8,10,12-14,17-60H2,1-2H3,(H,65,68)/b11-9-,16-15-. The highest BCUT2D eigenvalue weighted by atomic mass is 16.5. The fourth-order valence-electron chi connectivity index (χ4n) is 9.89. The van der Waals surface area contributed by atoms with Crippen LogP contribution in [0.25, 0.3) is 0 Å². The van der Waals surface area contributed by atoms with E-state index in [0.29, 0.717) is 25.9 Å². The molecular weight excluding hydrogens is 863 g/mol. The molecule has 414 valence electrons. The molecule has 0 aliphatic rings. The summed E-state index contributed by atoms with van der Waals surface area (Å²) in [7, 11) is 0. The Hall–Kier alpha value is -1.66. The molecule has 1 amide bonds. The van der Waals surface area contributed by atoms with Crippen LogP contribution in [0, 0.1) is 0 Å². The molecule has 0 aromatic rings. The molecule has 0 aliphatic heterocycles. The summed E-state index contributed by atoms with van der Waals surface area (Å²) in [5.74, 6) is -0.0273. The number of carbonyl (C=O) groups excluding carboxylic acids is 2. The minimum atomic E-state index is -0.660. The lowest BCUT2D eigenvalue weighted by Gasteiger charge is -2.22. The van der Waals surface area contributed by atoms with Gasteiger partial charge in [0.2, 0.25) is 5.91 Å². The second-order valence-corrected chi connectivity index (χ2v) is 21.7. The van der Waals surface area contributed by atoms with Crippen molar-refractivity contribution in [1.82, 2.24) is 5.32 Å². The maximum atomic E-state index is 12.4. The highest BCUT2D eigenvalue weighted by Gasteiger charge is 2.20. The maximum absolute atomic E-state index is 12.4. The Kier molecular flexibility index (Phi) is 58.5. The highest BCUT2D eigenvalue weighted by molar-refractivity contribution is 5.76. The van der Waals surface area contributed by atoms with E-state index in [-0.39, 0.29) is 18.5 Å². The van der Waals surface area contributed by atoms with Crippen molar-refractivity contribution >= 4 is 11.9 Å². The molecule has 0 saturated carbocycles. The van der Waals surface area contributed by atoms with Crippen molar-refractivity contribution in [2.24, 2.45) is 0 Å². The largest absolute Gasteiger partial charge is 0.466 e. The second-order valence-electron chi connectivity index (χ2n) is 21.7. The van der Waals surface area contributed by atoms with Gasteiger partial charge >= 0.3 is 5.97 Å². The number of unbranched alkanes of at least 4 members (excludes halogenated alkanes) is 44. The maximum Gasteiger partial charge on any atom is 0.305 e. The second kappa shape index (κ2) is 59.9. The van der Waals surface area contributed by atoms with Gasteiger partial charge < -0.3 is 20.3 Å². The van der Waals surface area contributed by atoms with Gasteiger partial charge in [0.1, 0.15) is 0 Å². The molecule has 3 N–H and O–H groups in total. The van der Waals surface area contributed by atoms with E-state index in [0.717, 1.165) is 51.4 Å². The van der Waals surface area contributed by atoms with E-state index in [1.165, 1.54) is 263 Å². The summed E-state index contributed by atoms with van der Waals surface area (Å²) in [6.45, 7) is 4.92. The van der Waals surface area contributed by atoms with Gasteiger partial charge in [0.25, 0.3) is 0 Å². The van der Waals surface area contributed by atoms with E-state index in [4.69, 9.17) is 4.74 Å². The van der Waals surface area contributed by atoms with E-state index in [1.807, 2.05) is 0 Å². The Balaban J connectivity index is 3.32. The molecule has 6 nitrogen and oxygen atoms in total. The Morgan fingerprint density at radius 2 is 0.729 bits per heavy atom. The molecule has 0 heterocycles. The molecule has 0 aromatic carbocycles. The van der Waals surface area contributed by atoms with Gasteiger partial charge in [-0.3, -0.25) is 9.59 Å². The topological polar surface area (TPSA) is 95.9 Å². The Morgan fingerprint density at radius 1 is 0.400 bits per heavy atom. The van der Waals surface area contributed by atoms with E-state index < -0.39 is 12.1 Å². The Bertz CT molecular complexity index is 1090. The molecule has 70 heavy (non-hydrogen) atoms. The number of rotatable bonds is 59. The smallest absolute Gasteiger partial charge is 0.305 e. The lowest BCUT2D eigenvalue weighted by molar-refractivity contribution is -0.143. The molecule has 0 bridgehead atoms. The van der Waals surface area contributed by atoms with Gasteiger partial charge in [-0.15, -0.1) is 0 Å². The van der Waals surface area contributed by atoms with E-state index >= 15 is 0 Å². The van der Waals surface area contributed by atoms with Gasteiger partial charge in [0.05, 0.1) is 25.4 Å². The van der Waals surface area contributed by atoms with Crippen molar-refractivity contribution in [2.75, 3.05) is 13.2 Å². The van der Waals surface area contributed by atoms with Crippen LogP contribution in [0.1, 0.15) is 348 Å². The van der Waals surface area contributed by atoms with Crippen LogP contribution < -0.4 is 5.32 Å². The molecule has 0 rings (SSSR count). The number of nitrogens with one attached hydrogen (secondary N) is 1. The number of ether oxygens (including phenoxy) is 1. The lowest BCUT2D eigenvalue weighted by atomic mass is 10.0. The summed E-state index contributed by atoms with van der Waals surface area (Å²) in [5, 5.41) is 23.2. The number of carbonyl (C=O) groups is 2. The molecule has 2 atom stereocenters. The van der Waals surface area contributed by atoms with Crippen LogP contribution in [0.5, 0.6) is 0 Å².